The molecule has 0 heterocycles. The van der Waals surface area contributed by atoms with Crippen LogP contribution in [-0.2, 0) is 26.2 Å². The molecule has 1 fully saturated rings. The van der Waals surface area contributed by atoms with E-state index in [0.29, 0.717) is 17.2 Å². The van der Waals surface area contributed by atoms with Crippen molar-refractivity contribution in [3.63, 3.8) is 0 Å². The molecule has 2 amide bonds. The van der Waals surface area contributed by atoms with E-state index in [4.69, 9.17) is 4.74 Å². The Labute approximate surface area is 279 Å². The van der Waals surface area contributed by atoms with Crippen LogP contribution < -0.4 is 14.4 Å². The summed E-state index contributed by atoms with van der Waals surface area (Å²) in [5, 5.41) is 3.13. The number of sulfonamides is 1. The minimum absolute atomic E-state index is 0.0509. The standard InChI is InChI=1S/C36H38BrN3O5S/c1-27(36(42)38-30-11-5-2-6-12-30)39(25-28-17-19-29(37)20-18-28)35(41)26-40(46(43,44)34-15-9-4-10-16-34)31-21-23-33(24-22-31)45-32-13-7-3-8-14-32/h3-4,7-10,13-24,27,30H,2,5-6,11-12,25-26H2,1H3,(H,38,42)/t27-/m1/s1. The third-order valence-corrected chi connectivity index (χ3v) is 10.4. The van der Waals surface area contributed by atoms with Crippen molar-refractivity contribution in [3.8, 4) is 11.5 Å². The number of carbonyl (C=O) groups excluding carboxylic acids is 2. The molecule has 1 saturated carbocycles. The second-order valence-corrected chi connectivity index (χ2v) is 14.2. The number of nitrogens with one attached hydrogen (secondary N) is 1. The molecule has 46 heavy (non-hydrogen) atoms. The quantitative estimate of drug-likeness (QED) is 0.167. The van der Waals surface area contributed by atoms with Crippen molar-refractivity contribution in [1.82, 2.24) is 10.2 Å². The predicted octanol–water partition coefficient (Wildman–Crippen LogP) is 7.30. The number of rotatable bonds is 12. The smallest absolute Gasteiger partial charge is 0.264 e. The van der Waals surface area contributed by atoms with Gasteiger partial charge in [-0.3, -0.25) is 13.9 Å². The minimum atomic E-state index is -4.16. The van der Waals surface area contributed by atoms with E-state index in [9.17, 15) is 18.0 Å². The average Bonchev–Trinajstić information content (AvgIpc) is 3.08. The van der Waals surface area contributed by atoms with E-state index >= 15 is 0 Å². The summed E-state index contributed by atoms with van der Waals surface area (Å²) in [6.45, 7) is 1.32. The monoisotopic (exact) mass is 703 g/mol. The van der Waals surface area contributed by atoms with Gasteiger partial charge in [-0.15, -0.1) is 0 Å². The summed E-state index contributed by atoms with van der Waals surface area (Å²) < 4.78 is 36.0. The van der Waals surface area contributed by atoms with E-state index in [1.54, 1.807) is 49.4 Å². The fraction of sp³-hybridized carbons (Fsp3) is 0.278. The van der Waals surface area contributed by atoms with Crippen LogP contribution in [0.25, 0.3) is 0 Å². The zero-order chi connectivity index (χ0) is 32.5. The molecule has 0 bridgehead atoms. The number of hydrogen-bond acceptors (Lipinski definition) is 5. The van der Waals surface area contributed by atoms with Gasteiger partial charge in [-0.1, -0.05) is 83.7 Å². The molecule has 1 N–H and O–H groups in total. The predicted molar refractivity (Wildman–Crippen MR) is 183 cm³/mol. The van der Waals surface area contributed by atoms with Crippen molar-refractivity contribution in [1.29, 1.82) is 0 Å². The number of ether oxygens (including phenoxy) is 1. The van der Waals surface area contributed by atoms with Gasteiger partial charge in [-0.25, -0.2) is 8.42 Å². The number of halogens is 1. The van der Waals surface area contributed by atoms with Crippen LogP contribution in [-0.4, -0.2) is 43.8 Å². The van der Waals surface area contributed by atoms with E-state index in [0.717, 1.165) is 46.4 Å². The highest BCUT2D eigenvalue weighted by Crippen LogP contribution is 2.29. The second kappa shape index (κ2) is 15.4. The number of nitrogens with zero attached hydrogens (tertiary/aromatic N) is 2. The topological polar surface area (TPSA) is 96.0 Å². The van der Waals surface area contributed by atoms with Gasteiger partial charge in [0.05, 0.1) is 10.6 Å². The number of hydrogen-bond donors (Lipinski definition) is 1. The maximum atomic E-state index is 14.2. The first-order chi connectivity index (χ1) is 22.2. The molecule has 1 aliphatic rings. The van der Waals surface area contributed by atoms with Gasteiger partial charge >= 0.3 is 0 Å². The van der Waals surface area contributed by atoms with Crippen molar-refractivity contribution in [3.05, 3.63) is 119 Å². The molecule has 0 spiro atoms. The van der Waals surface area contributed by atoms with Crippen LogP contribution in [0.1, 0.15) is 44.6 Å². The summed E-state index contributed by atoms with van der Waals surface area (Å²) in [5.74, 6) is 0.405. The van der Waals surface area contributed by atoms with Crippen LogP contribution >= 0.6 is 15.9 Å². The van der Waals surface area contributed by atoms with Gasteiger partial charge in [0.25, 0.3) is 10.0 Å². The lowest BCUT2D eigenvalue weighted by atomic mass is 9.95. The molecule has 5 rings (SSSR count). The number of carbonyl (C=O) groups is 2. The van der Waals surface area contributed by atoms with Crippen LogP contribution in [0.5, 0.6) is 11.5 Å². The molecule has 240 valence electrons. The maximum Gasteiger partial charge on any atom is 0.264 e. The number of benzene rings is 4. The Bertz CT molecular complexity index is 1700. The fourth-order valence-electron chi connectivity index (χ4n) is 5.49. The normalized spacial score (nSPS) is 14.2. The molecule has 4 aromatic rings. The molecule has 0 radical (unpaired) electrons. The summed E-state index contributed by atoms with van der Waals surface area (Å²) in [5.41, 5.74) is 1.11. The van der Waals surface area contributed by atoms with E-state index in [2.05, 4.69) is 21.2 Å². The zero-order valence-corrected chi connectivity index (χ0v) is 28.1. The van der Waals surface area contributed by atoms with Gasteiger partial charge in [-0.05, 0) is 86.0 Å². The molecule has 1 atom stereocenters. The van der Waals surface area contributed by atoms with Crippen LogP contribution in [0.15, 0.2) is 119 Å². The Hall–Kier alpha value is -4.15. The Kier molecular flexibility index (Phi) is 11.1. The van der Waals surface area contributed by atoms with Gasteiger partial charge in [0.15, 0.2) is 0 Å². The average molecular weight is 705 g/mol. The summed E-state index contributed by atoms with van der Waals surface area (Å²) in [4.78, 5) is 29.2. The van der Waals surface area contributed by atoms with Crippen LogP contribution in [0, 0.1) is 0 Å². The Morgan fingerprint density at radius 2 is 1.41 bits per heavy atom. The lowest BCUT2D eigenvalue weighted by molar-refractivity contribution is -0.139. The molecule has 1 aliphatic carbocycles. The van der Waals surface area contributed by atoms with Gasteiger partial charge in [0.2, 0.25) is 11.8 Å². The Morgan fingerprint density at radius 3 is 2.04 bits per heavy atom. The number of amides is 2. The second-order valence-electron chi connectivity index (χ2n) is 11.4. The fourth-order valence-corrected chi connectivity index (χ4v) is 7.19. The third kappa shape index (κ3) is 8.55. The van der Waals surface area contributed by atoms with Crippen molar-refractivity contribution < 1.29 is 22.7 Å². The maximum absolute atomic E-state index is 14.2. The number of anilines is 1. The highest BCUT2D eigenvalue weighted by molar-refractivity contribution is 9.10. The van der Waals surface area contributed by atoms with Crippen molar-refractivity contribution in [2.24, 2.45) is 0 Å². The molecule has 0 unspecified atom stereocenters. The number of para-hydroxylation sites is 1. The summed E-state index contributed by atoms with van der Waals surface area (Å²) in [7, 11) is -4.16. The van der Waals surface area contributed by atoms with Crippen LogP contribution in [0.4, 0.5) is 5.69 Å². The zero-order valence-electron chi connectivity index (χ0n) is 25.7. The molecule has 0 saturated heterocycles. The molecule has 10 heteroatoms. The summed E-state index contributed by atoms with van der Waals surface area (Å²) >= 11 is 3.45. The van der Waals surface area contributed by atoms with Gasteiger partial charge < -0.3 is 15.0 Å². The largest absolute Gasteiger partial charge is 0.457 e. The lowest BCUT2D eigenvalue weighted by Crippen LogP contribution is -2.53. The SMILES string of the molecule is C[C@H](C(=O)NC1CCCCC1)N(Cc1ccc(Br)cc1)C(=O)CN(c1ccc(Oc2ccccc2)cc1)S(=O)(=O)c1ccccc1. The van der Waals surface area contributed by atoms with Crippen LogP contribution in [0.2, 0.25) is 0 Å². The highest BCUT2D eigenvalue weighted by Gasteiger charge is 2.33. The molecule has 0 aromatic heterocycles. The van der Waals surface area contributed by atoms with Gasteiger partial charge in [-0.2, -0.15) is 0 Å². The first-order valence-corrected chi connectivity index (χ1v) is 17.7. The Morgan fingerprint density at radius 1 is 0.826 bits per heavy atom. The van der Waals surface area contributed by atoms with Crippen molar-refractivity contribution in [2.45, 2.75) is 62.6 Å². The lowest BCUT2D eigenvalue weighted by Gasteiger charge is -2.33. The molecule has 0 aliphatic heterocycles. The Balaban J connectivity index is 1.45. The van der Waals surface area contributed by atoms with Gasteiger partial charge in [0.1, 0.15) is 24.1 Å². The van der Waals surface area contributed by atoms with Crippen LogP contribution in [0.3, 0.4) is 0 Å². The third-order valence-electron chi connectivity index (χ3n) is 8.10. The van der Waals surface area contributed by atoms with Crippen molar-refractivity contribution in [2.75, 3.05) is 10.8 Å². The van der Waals surface area contributed by atoms with E-state index in [1.165, 1.54) is 17.0 Å². The molecular weight excluding hydrogens is 666 g/mol. The van der Waals surface area contributed by atoms with E-state index in [-0.39, 0.29) is 23.4 Å². The van der Waals surface area contributed by atoms with E-state index < -0.39 is 28.5 Å². The first kappa shape index (κ1) is 33.2. The molecule has 4 aromatic carbocycles. The first-order valence-electron chi connectivity index (χ1n) is 15.5. The van der Waals surface area contributed by atoms with Gasteiger partial charge in [0, 0.05) is 17.1 Å². The summed E-state index contributed by atoms with van der Waals surface area (Å²) in [6.07, 6.45) is 5.09. The molecular formula is C36H38BrN3O5S. The summed E-state index contributed by atoms with van der Waals surface area (Å²) in [6, 6.07) is 30.6. The molecule has 8 nitrogen and oxygen atoms in total. The van der Waals surface area contributed by atoms with E-state index in [1.807, 2.05) is 54.6 Å². The van der Waals surface area contributed by atoms with Crippen molar-refractivity contribution >= 4 is 43.5 Å². The minimum Gasteiger partial charge on any atom is -0.457 e. The highest BCUT2D eigenvalue weighted by atomic mass is 79.9.